The molecule has 0 aliphatic rings. The van der Waals surface area contributed by atoms with Crippen molar-refractivity contribution in [2.45, 2.75) is 6.54 Å². The Morgan fingerprint density at radius 3 is 2.61 bits per heavy atom. The molecule has 0 unspecified atom stereocenters. The number of rotatable bonds is 5. The highest BCUT2D eigenvalue weighted by Gasteiger charge is 2.13. The molecule has 5 heteroatoms. The van der Waals surface area contributed by atoms with E-state index in [4.69, 9.17) is 20.2 Å². The first-order valence-electron chi connectivity index (χ1n) is 7.23. The third kappa shape index (κ3) is 3.06. The molecule has 0 fully saturated rings. The quantitative estimate of drug-likeness (QED) is 0.771. The molecule has 2 aromatic carbocycles. The molecule has 0 bridgehead atoms. The number of ether oxygens (including phenoxy) is 2. The van der Waals surface area contributed by atoms with Gasteiger partial charge in [-0.25, -0.2) is 4.98 Å². The largest absolute Gasteiger partial charge is 0.497 e. The molecular weight excluding hydrogens is 308 g/mol. The van der Waals surface area contributed by atoms with Crippen LogP contribution in [0, 0.1) is 0 Å². The van der Waals surface area contributed by atoms with Crippen LogP contribution in [0.5, 0.6) is 11.5 Å². The number of benzene rings is 2. The monoisotopic (exact) mass is 326 g/mol. The topological polar surface area (TPSA) is 57.4 Å². The maximum absolute atomic E-state index is 5.83. The molecule has 0 saturated heterocycles. The second-order valence-electron chi connectivity index (χ2n) is 4.97. The molecule has 4 nitrogen and oxygen atoms in total. The first kappa shape index (κ1) is 15.5. The predicted octanol–water partition coefficient (Wildman–Crippen LogP) is 3.95. The lowest BCUT2D eigenvalue weighted by atomic mass is 10.1. The lowest BCUT2D eigenvalue weighted by Gasteiger charge is -2.08. The van der Waals surface area contributed by atoms with Crippen molar-refractivity contribution in [3.8, 4) is 33.3 Å². The highest BCUT2D eigenvalue weighted by molar-refractivity contribution is 7.13. The molecule has 0 radical (unpaired) electrons. The van der Waals surface area contributed by atoms with Gasteiger partial charge in [-0.05, 0) is 23.8 Å². The van der Waals surface area contributed by atoms with E-state index < -0.39 is 0 Å². The van der Waals surface area contributed by atoms with Crippen molar-refractivity contribution in [3.05, 3.63) is 53.4 Å². The minimum Gasteiger partial charge on any atom is -0.497 e. The van der Waals surface area contributed by atoms with Gasteiger partial charge in [-0.3, -0.25) is 0 Å². The van der Waals surface area contributed by atoms with E-state index in [1.54, 1.807) is 25.6 Å². The standard InChI is InChI=1S/C18H18N2O2S/c1-21-13-7-8-17(22-2)15(9-13)16-11-23-18(20-16)14-6-4-3-5-12(14)10-19/h3-9,11H,10,19H2,1-2H3. The number of methoxy groups -OCH3 is 2. The van der Waals surface area contributed by atoms with Crippen LogP contribution in [0.4, 0.5) is 0 Å². The average molecular weight is 326 g/mol. The van der Waals surface area contributed by atoms with Crippen molar-refractivity contribution in [2.24, 2.45) is 5.73 Å². The van der Waals surface area contributed by atoms with E-state index in [-0.39, 0.29) is 0 Å². The Labute approximate surface area is 139 Å². The van der Waals surface area contributed by atoms with Crippen LogP contribution in [0.25, 0.3) is 21.8 Å². The molecule has 0 aliphatic carbocycles. The van der Waals surface area contributed by atoms with E-state index in [0.717, 1.165) is 38.9 Å². The van der Waals surface area contributed by atoms with Crippen molar-refractivity contribution < 1.29 is 9.47 Å². The van der Waals surface area contributed by atoms with Crippen LogP contribution < -0.4 is 15.2 Å². The summed E-state index contributed by atoms with van der Waals surface area (Å²) in [6, 6.07) is 13.8. The number of hydrogen-bond donors (Lipinski definition) is 1. The molecule has 3 rings (SSSR count). The van der Waals surface area contributed by atoms with Gasteiger partial charge in [0.25, 0.3) is 0 Å². The Balaban J connectivity index is 2.06. The number of hydrogen-bond acceptors (Lipinski definition) is 5. The van der Waals surface area contributed by atoms with Crippen molar-refractivity contribution in [1.82, 2.24) is 4.98 Å². The third-order valence-corrected chi connectivity index (χ3v) is 4.53. The van der Waals surface area contributed by atoms with Crippen LogP contribution in [0.3, 0.4) is 0 Å². The summed E-state index contributed by atoms with van der Waals surface area (Å²) >= 11 is 1.60. The molecule has 0 amide bonds. The van der Waals surface area contributed by atoms with Gasteiger partial charge in [0, 0.05) is 23.1 Å². The first-order chi connectivity index (χ1) is 11.3. The van der Waals surface area contributed by atoms with Crippen molar-refractivity contribution in [3.63, 3.8) is 0 Å². The second-order valence-corrected chi connectivity index (χ2v) is 5.82. The third-order valence-electron chi connectivity index (χ3n) is 3.65. The summed E-state index contributed by atoms with van der Waals surface area (Å²) in [5.41, 5.74) is 9.78. The number of thiazole rings is 1. The number of nitrogens with two attached hydrogens (primary N) is 1. The van der Waals surface area contributed by atoms with E-state index in [1.807, 2.05) is 47.8 Å². The van der Waals surface area contributed by atoms with E-state index >= 15 is 0 Å². The van der Waals surface area contributed by atoms with Gasteiger partial charge in [0.05, 0.1) is 19.9 Å². The van der Waals surface area contributed by atoms with Gasteiger partial charge in [0.2, 0.25) is 0 Å². The Bertz CT molecular complexity index is 814. The first-order valence-corrected chi connectivity index (χ1v) is 8.11. The molecule has 2 N–H and O–H groups in total. The van der Waals surface area contributed by atoms with Crippen molar-refractivity contribution in [2.75, 3.05) is 14.2 Å². The predicted molar refractivity (Wildman–Crippen MR) is 94.0 cm³/mol. The molecular formula is C18H18N2O2S. The Morgan fingerprint density at radius 1 is 1.04 bits per heavy atom. The van der Waals surface area contributed by atoms with E-state index in [2.05, 4.69) is 0 Å². The molecule has 0 saturated carbocycles. The Morgan fingerprint density at radius 2 is 1.87 bits per heavy atom. The summed E-state index contributed by atoms with van der Waals surface area (Å²) in [6.07, 6.45) is 0. The van der Waals surface area contributed by atoms with E-state index in [1.165, 1.54) is 0 Å². The van der Waals surface area contributed by atoms with Crippen LogP contribution in [-0.2, 0) is 6.54 Å². The molecule has 0 atom stereocenters. The van der Waals surface area contributed by atoms with Gasteiger partial charge in [-0.1, -0.05) is 24.3 Å². The summed E-state index contributed by atoms with van der Waals surface area (Å²) in [5.74, 6) is 1.55. The molecule has 118 valence electrons. The molecule has 3 aromatic rings. The molecule has 1 heterocycles. The zero-order chi connectivity index (χ0) is 16.2. The Kier molecular flexibility index (Phi) is 4.60. The van der Waals surface area contributed by atoms with Crippen molar-refractivity contribution >= 4 is 11.3 Å². The fourth-order valence-electron chi connectivity index (χ4n) is 2.44. The zero-order valence-corrected chi connectivity index (χ0v) is 13.9. The second kappa shape index (κ2) is 6.81. The summed E-state index contributed by atoms with van der Waals surface area (Å²) in [7, 11) is 3.30. The smallest absolute Gasteiger partial charge is 0.128 e. The van der Waals surface area contributed by atoms with E-state index in [9.17, 15) is 0 Å². The average Bonchev–Trinajstić information content (AvgIpc) is 3.10. The summed E-state index contributed by atoms with van der Waals surface area (Å²) in [5, 5.41) is 2.98. The summed E-state index contributed by atoms with van der Waals surface area (Å²) in [6.45, 7) is 0.494. The fourth-order valence-corrected chi connectivity index (χ4v) is 3.32. The van der Waals surface area contributed by atoms with Crippen LogP contribution >= 0.6 is 11.3 Å². The minimum absolute atomic E-state index is 0.494. The van der Waals surface area contributed by atoms with Crippen molar-refractivity contribution in [1.29, 1.82) is 0 Å². The van der Waals surface area contributed by atoms with Gasteiger partial charge >= 0.3 is 0 Å². The molecule has 23 heavy (non-hydrogen) atoms. The number of nitrogens with zero attached hydrogens (tertiary/aromatic N) is 1. The van der Waals surface area contributed by atoms with E-state index in [0.29, 0.717) is 6.54 Å². The van der Waals surface area contributed by atoms with Crippen LogP contribution in [0.15, 0.2) is 47.8 Å². The van der Waals surface area contributed by atoms with Gasteiger partial charge in [-0.15, -0.1) is 11.3 Å². The molecule has 1 aromatic heterocycles. The highest BCUT2D eigenvalue weighted by atomic mass is 32.1. The van der Waals surface area contributed by atoms with Gasteiger partial charge in [0.15, 0.2) is 0 Å². The van der Waals surface area contributed by atoms with Crippen LogP contribution in [-0.4, -0.2) is 19.2 Å². The summed E-state index contributed by atoms with van der Waals surface area (Å²) in [4.78, 5) is 4.77. The highest BCUT2D eigenvalue weighted by Crippen LogP contribution is 2.36. The zero-order valence-electron chi connectivity index (χ0n) is 13.1. The van der Waals surface area contributed by atoms with Crippen LogP contribution in [0.1, 0.15) is 5.56 Å². The lowest BCUT2D eigenvalue weighted by Crippen LogP contribution is -1.98. The minimum atomic E-state index is 0.494. The van der Waals surface area contributed by atoms with Gasteiger partial charge in [0.1, 0.15) is 16.5 Å². The fraction of sp³-hybridized carbons (Fsp3) is 0.167. The summed E-state index contributed by atoms with van der Waals surface area (Å²) < 4.78 is 10.8. The maximum Gasteiger partial charge on any atom is 0.128 e. The van der Waals surface area contributed by atoms with Gasteiger partial charge in [-0.2, -0.15) is 0 Å². The maximum atomic E-state index is 5.83. The Hall–Kier alpha value is -2.37. The van der Waals surface area contributed by atoms with Crippen LogP contribution in [0.2, 0.25) is 0 Å². The molecule has 0 aliphatic heterocycles. The SMILES string of the molecule is COc1ccc(OC)c(-c2csc(-c3ccccc3CN)n2)c1. The lowest BCUT2D eigenvalue weighted by molar-refractivity contribution is 0.404. The van der Waals surface area contributed by atoms with Gasteiger partial charge < -0.3 is 15.2 Å². The normalized spacial score (nSPS) is 10.6. The molecule has 0 spiro atoms. The number of aromatic nitrogens is 1.